The van der Waals surface area contributed by atoms with Crippen molar-refractivity contribution in [2.45, 2.75) is 411 Å². The molecule has 1 amide bonds. The maximum atomic E-state index is 12.5. The van der Waals surface area contributed by atoms with Gasteiger partial charge in [0.25, 0.3) is 0 Å². The number of allylic oxidation sites excluding steroid dienone is 2. The summed E-state index contributed by atoms with van der Waals surface area (Å²) in [5, 5.41) is 23.3. The molecule has 2 atom stereocenters. The van der Waals surface area contributed by atoms with E-state index in [9.17, 15) is 19.8 Å². The Bertz CT molecular complexity index is 1140. The number of aliphatic hydroxyl groups is 2. The fraction of sp³-hybridized carbons (Fsp3) is 0.943. The number of unbranched alkanes of at least 4 members (excludes halogenated alkanes) is 53. The lowest BCUT2D eigenvalue weighted by Gasteiger charge is -2.22. The van der Waals surface area contributed by atoms with Gasteiger partial charge in [-0.15, -0.1) is 0 Å². The molecule has 0 saturated carbocycles. The second kappa shape index (κ2) is 66.1. The van der Waals surface area contributed by atoms with Crippen LogP contribution in [0.1, 0.15) is 399 Å². The van der Waals surface area contributed by atoms with E-state index in [0.717, 1.165) is 38.5 Å². The van der Waals surface area contributed by atoms with Crippen LogP contribution in [0.25, 0.3) is 0 Å². The van der Waals surface area contributed by atoms with Gasteiger partial charge in [-0.1, -0.05) is 347 Å². The highest BCUT2D eigenvalue weighted by Gasteiger charge is 2.20. The van der Waals surface area contributed by atoms with Gasteiger partial charge in [0.05, 0.1) is 25.4 Å². The lowest BCUT2D eigenvalue weighted by molar-refractivity contribution is -0.143. The molecule has 0 heterocycles. The second-order valence-corrected chi connectivity index (χ2v) is 24.2. The minimum absolute atomic E-state index is 0.0202. The number of amides is 1. The Hall–Kier alpha value is -1.40. The van der Waals surface area contributed by atoms with E-state index < -0.39 is 12.1 Å². The van der Waals surface area contributed by atoms with Crippen LogP contribution in [0.4, 0.5) is 0 Å². The summed E-state index contributed by atoms with van der Waals surface area (Å²) in [6.45, 7) is 4.99. The maximum absolute atomic E-state index is 12.5. The van der Waals surface area contributed by atoms with Gasteiger partial charge >= 0.3 is 5.97 Å². The van der Waals surface area contributed by atoms with Crippen molar-refractivity contribution in [1.29, 1.82) is 0 Å². The van der Waals surface area contributed by atoms with Crippen LogP contribution in [0, 0.1) is 0 Å². The number of carbonyl (C=O) groups excluding carboxylic acids is 2. The predicted molar refractivity (Wildman–Crippen MR) is 333 cm³/mol. The van der Waals surface area contributed by atoms with Crippen molar-refractivity contribution in [2.24, 2.45) is 0 Å². The van der Waals surface area contributed by atoms with Gasteiger partial charge in [-0.3, -0.25) is 9.59 Å². The first-order valence-corrected chi connectivity index (χ1v) is 34.9. The van der Waals surface area contributed by atoms with E-state index in [-0.39, 0.29) is 18.5 Å². The van der Waals surface area contributed by atoms with Crippen LogP contribution >= 0.6 is 0 Å². The average molecular weight is 1070 g/mol. The first-order valence-electron chi connectivity index (χ1n) is 34.9. The highest BCUT2D eigenvalue weighted by Crippen LogP contribution is 2.19. The van der Waals surface area contributed by atoms with Crippen molar-refractivity contribution in [1.82, 2.24) is 5.32 Å². The van der Waals surface area contributed by atoms with Crippen LogP contribution in [0.5, 0.6) is 0 Å². The molecule has 6 nitrogen and oxygen atoms in total. The molecule has 0 radical (unpaired) electrons. The van der Waals surface area contributed by atoms with E-state index in [1.54, 1.807) is 0 Å². The maximum Gasteiger partial charge on any atom is 0.305 e. The summed E-state index contributed by atoms with van der Waals surface area (Å²) in [4.78, 5) is 24.6. The molecule has 0 rings (SSSR count). The Morgan fingerprint density at radius 2 is 0.618 bits per heavy atom. The van der Waals surface area contributed by atoms with Crippen LogP contribution in [0.3, 0.4) is 0 Å². The summed E-state index contributed by atoms with van der Waals surface area (Å²) in [6, 6.07) is -0.540. The molecule has 452 valence electrons. The SMILES string of the molecule is CCCCCCCCCCCCCCCCCCC(=O)OCCCCCCCCCCCCCC/C=C\CCCCCCCCCCCCCCC(=O)NC(CO)C(O)CCCCCCCCCCCCCCCCC. The minimum Gasteiger partial charge on any atom is -0.466 e. The summed E-state index contributed by atoms with van der Waals surface area (Å²) in [7, 11) is 0. The predicted octanol–water partition coefficient (Wildman–Crippen LogP) is 22.4. The Morgan fingerprint density at radius 3 is 0.934 bits per heavy atom. The molecule has 76 heavy (non-hydrogen) atoms. The van der Waals surface area contributed by atoms with Crippen molar-refractivity contribution in [3.8, 4) is 0 Å². The summed E-state index contributed by atoms with van der Waals surface area (Å²) >= 11 is 0. The third kappa shape index (κ3) is 61.8. The van der Waals surface area contributed by atoms with Gasteiger partial charge in [0.1, 0.15) is 0 Å². The number of nitrogens with one attached hydrogen (secondary N) is 1. The Labute approximate surface area is 476 Å². The van der Waals surface area contributed by atoms with Crippen molar-refractivity contribution < 1.29 is 24.5 Å². The summed E-state index contributed by atoms with van der Waals surface area (Å²) in [5.41, 5.74) is 0. The average Bonchev–Trinajstić information content (AvgIpc) is 3.42. The number of hydrogen-bond donors (Lipinski definition) is 3. The molecule has 0 bridgehead atoms. The number of esters is 1. The molecular weight excluding hydrogens is 935 g/mol. The topological polar surface area (TPSA) is 95.9 Å². The van der Waals surface area contributed by atoms with Gasteiger partial charge in [-0.2, -0.15) is 0 Å². The van der Waals surface area contributed by atoms with Gasteiger partial charge in [-0.25, -0.2) is 0 Å². The van der Waals surface area contributed by atoms with Crippen molar-refractivity contribution in [3.63, 3.8) is 0 Å². The number of carbonyl (C=O) groups is 2. The molecule has 0 aliphatic rings. The fourth-order valence-corrected chi connectivity index (χ4v) is 11.2. The third-order valence-electron chi connectivity index (χ3n) is 16.6. The highest BCUT2D eigenvalue weighted by atomic mass is 16.5. The number of aliphatic hydroxyl groups excluding tert-OH is 2. The normalized spacial score (nSPS) is 12.5. The molecule has 3 N–H and O–H groups in total. The molecule has 0 saturated heterocycles. The van der Waals surface area contributed by atoms with Gasteiger partial charge in [-0.05, 0) is 51.4 Å². The van der Waals surface area contributed by atoms with E-state index >= 15 is 0 Å². The third-order valence-corrected chi connectivity index (χ3v) is 16.6. The summed E-state index contributed by atoms with van der Waals surface area (Å²) < 4.78 is 5.50. The number of hydrogen-bond acceptors (Lipinski definition) is 5. The number of rotatable bonds is 66. The van der Waals surface area contributed by atoms with Gasteiger partial charge in [0, 0.05) is 12.8 Å². The van der Waals surface area contributed by atoms with E-state index in [4.69, 9.17) is 4.74 Å². The molecule has 0 aromatic heterocycles. The minimum atomic E-state index is -0.663. The van der Waals surface area contributed by atoms with Crippen LogP contribution in [0.2, 0.25) is 0 Å². The van der Waals surface area contributed by atoms with E-state index in [1.165, 1.54) is 327 Å². The first kappa shape index (κ1) is 74.6. The van der Waals surface area contributed by atoms with Crippen LogP contribution in [0.15, 0.2) is 12.2 Å². The molecule has 0 fully saturated rings. The zero-order valence-electron chi connectivity index (χ0n) is 51.8. The lowest BCUT2D eigenvalue weighted by atomic mass is 10.0. The monoisotopic (exact) mass is 1070 g/mol. The molecule has 2 unspecified atom stereocenters. The van der Waals surface area contributed by atoms with Crippen LogP contribution in [-0.2, 0) is 14.3 Å². The molecule has 0 spiro atoms. The van der Waals surface area contributed by atoms with Crippen LogP contribution < -0.4 is 5.32 Å². The Kier molecular flexibility index (Phi) is 64.9. The molecular formula is C70H137NO5. The summed E-state index contributed by atoms with van der Waals surface area (Å²) in [6.07, 6.45) is 81.1. The second-order valence-electron chi connectivity index (χ2n) is 24.2. The molecule has 0 aromatic rings. The lowest BCUT2D eigenvalue weighted by Crippen LogP contribution is -2.45. The number of ether oxygens (including phenoxy) is 1. The quantitative estimate of drug-likeness (QED) is 0.0320. The van der Waals surface area contributed by atoms with Gasteiger partial charge < -0.3 is 20.3 Å². The Balaban J connectivity index is 3.35. The smallest absolute Gasteiger partial charge is 0.305 e. The molecule has 6 heteroatoms. The highest BCUT2D eigenvalue weighted by molar-refractivity contribution is 5.76. The van der Waals surface area contributed by atoms with E-state index in [0.29, 0.717) is 25.9 Å². The summed E-state index contributed by atoms with van der Waals surface area (Å²) in [5.74, 6) is -0.0115. The van der Waals surface area contributed by atoms with E-state index in [1.807, 2.05) is 0 Å². The molecule has 0 aliphatic carbocycles. The van der Waals surface area contributed by atoms with Crippen LogP contribution in [-0.4, -0.2) is 47.4 Å². The Morgan fingerprint density at radius 1 is 0.355 bits per heavy atom. The van der Waals surface area contributed by atoms with Crippen molar-refractivity contribution in [2.75, 3.05) is 13.2 Å². The standard InChI is InChI=1S/C70H137NO5/c1-3-5-7-9-11-13-15-17-19-36-40-44-48-52-56-60-64-70(75)76-65-61-57-53-49-45-41-37-33-31-29-27-25-23-21-20-22-24-26-28-30-32-35-39-43-47-51-55-59-63-69(74)71-67(66-72)68(73)62-58-54-50-46-42-38-34-18-16-14-12-10-8-6-4-2/h20-21,67-68,72-73H,3-19,22-66H2,1-2H3,(H,71,74)/b21-20-. The van der Waals surface area contributed by atoms with Crippen molar-refractivity contribution >= 4 is 11.9 Å². The first-order chi connectivity index (χ1) is 37.5. The molecule has 0 aliphatic heterocycles. The fourth-order valence-electron chi connectivity index (χ4n) is 11.2. The van der Waals surface area contributed by atoms with Crippen molar-refractivity contribution in [3.05, 3.63) is 12.2 Å². The van der Waals surface area contributed by atoms with Gasteiger partial charge in [0.2, 0.25) is 5.91 Å². The largest absolute Gasteiger partial charge is 0.466 e. The zero-order valence-corrected chi connectivity index (χ0v) is 51.8. The van der Waals surface area contributed by atoms with Gasteiger partial charge in [0.15, 0.2) is 0 Å². The zero-order chi connectivity index (χ0) is 55.0. The molecule has 0 aromatic carbocycles. The van der Waals surface area contributed by atoms with E-state index in [2.05, 4.69) is 31.3 Å².